The van der Waals surface area contributed by atoms with E-state index in [0.717, 1.165) is 11.3 Å². The molecule has 2 nitrogen and oxygen atoms in total. The molecular weight excluding hydrogens is 243 g/mol. The number of rotatable bonds is 5. The summed E-state index contributed by atoms with van der Waals surface area (Å²) in [6, 6.07) is 14.2. The fraction of sp³-hybridized carbons (Fsp3) is 0.125. The molecule has 0 fully saturated rings. The summed E-state index contributed by atoms with van der Waals surface area (Å²) in [4.78, 5) is 0. The molecule has 2 rings (SSSR count). The number of hydrogen-bond donors (Lipinski definition) is 0. The first-order chi connectivity index (χ1) is 9.29. The summed E-state index contributed by atoms with van der Waals surface area (Å²) >= 11 is 0. The summed E-state index contributed by atoms with van der Waals surface area (Å²) in [6.45, 7) is 0.209. The van der Waals surface area contributed by atoms with E-state index in [-0.39, 0.29) is 12.6 Å². The Bertz CT molecular complexity index is 564. The second-order valence-corrected chi connectivity index (χ2v) is 3.98. The highest BCUT2D eigenvalue weighted by Crippen LogP contribution is 2.16. The molecule has 2 aromatic carbocycles. The first kappa shape index (κ1) is 13.3. The summed E-state index contributed by atoms with van der Waals surface area (Å²) in [7, 11) is 1.57. The molecule has 0 saturated carbocycles. The molecule has 0 unspecified atom stereocenters. The van der Waals surface area contributed by atoms with Crippen molar-refractivity contribution in [3.63, 3.8) is 0 Å². The monoisotopic (exact) mass is 258 g/mol. The molecule has 3 heteroatoms. The Kier molecular flexibility index (Phi) is 4.70. The van der Waals surface area contributed by atoms with Crippen molar-refractivity contribution in [3.05, 3.63) is 65.5 Å². The van der Waals surface area contributed by atoms with Gasteiger partial charge in [0, 0.05) is 12.7 Å². The Labute approximate surface area is 112 Å². The first-order valence-corrected chi connectivity index (χ1v) is 5.94. The van der Waals surface area contributed by atoms with E-state index in [1.54, 1.807) is 31.4 Å². The lowest BCUT2D eigenvalue weighted by atomic mass is 10.1. The molecule has 0 atom stereocenters. The maximum Gasteiger partial charge on any atom is 0.188 e. The molecule has 0 amide bonds. The van der Waals surface area contributed by atoms with Gasteiger partial charge in [-0.1, -0.05) is 42.5 Å². The number of methoxy groups -OCH3 is 1. The molecule has 2 aromatic rings. The lowest BCUT2D eigenvalue weighted by Gasteiger charge is -2.04. The Morgan fingerprint density at radius 2 is 1.89 bits per heavy atom. The quantitative estimate of drug-likeness (QED) is 0.596. The lowest BCUT2D eigenvalue weighted by Crippen LogP contribution is -1.98. The van der Waals surface area contributed by atoms with Crippen molar-refractivity contribution >= 4 is 12.2 Å². The summed E-state index contributed by atoms with van der Waals surface area (Å²) < 4.78 is 23.6. The smallest absolute Gasteiger partial charge is 0.188 e. The molecule has 0 aliphatic carbocycles. The third kappa shape index (κ3) is 3.93. The molecule has 0 saturated heterocycles. The van der Waals surface area contributed by atoms with Gasteiger partial charge in [-0.2, -0.15) is 0 Å². The van der Waals surface area contributed by atoms with Gasteiger partial charge in [-0.05, 0) is 23.8 Å². The zero-order valence-corrected chi connectivity index (χ0v) is 10.7. The first-order valence-electron chi connectivity index (χ1n) is 5.94. The predicted octanol–water partition coefficient (Wildman–Crippen LogP) is 3.98. The van der Waals surface area contributed by atoms with E-state index < -0.39 is 0 Å². The molecule has 0 aliphatic heterocycles. The van der Waals surface area contributed by atoms with Crippen LogP contribution in [0.2, 0.25) is 0 Å². The second kappa shape index (κ2) is 6.71. The molecule has 0 spiro atoms. The van der Waals surface area contributed by atoms with Gasteiger partial charge in [0.1, 0.15) is 11.6 Å². The van der Waals surface area contributed by atoms with Gasteiger partial charge in [-0.25, -0.2) is 4.39 Å². The highest BCUT2D eigenvalue weighted by molar-refractivity contribution is 5.70. The van der Waals surface area contributed by atoms with Crippen LogP contribution < -0.4 is 4.74 Å². The van der Waals surface area contributed by atoms with Crippen molar-refractivity contribution in [1.29, 1.82) is 0 Å². The van der Waals surface area contributed by atoms with Gasteiger partial charge in [-0.15, -0.1) is 0 Å². The van der Waals surface area contributed by atoms with Crippen molar-refractivity contribution in [2.45, 2.75) is 0 Å². The Balaban J connectivity index is 2.12. The minimum atomic E-state index is -0.231. The summed E-state index contributed by atoms with van der Waals surface area (Å²) in [5, 5.41) is 0. The van der Waals surface area contributed by atoms with Crippen LogP contribution in [0.15, 0.2) is 48.5 Å². The summed E-state index contributed by atoms with van der Waals surface area (Å²) in [6.07, 6.45) is 3.59. The van der Waals surface area contributed by atoms with Gasteiger partial charge >= 0.3 is 0 Å². The van der Waals surface area contributed by atoms with E-state index in [0.29, 0.717) is 5.56 Å². The van der Waals surface area contributed by atoms with Crippen LogP contribution >= 0.6 is 0 Å². The van der Waals surface area contributed by atoms with Gasteiger partial charge in [0.15, 0.2) is 6.79 Å². The van der Waals surface area contributed by atoms with Crippen molar-refractivity contribution in [3.8, 4) is 5.75 Å². The lowest BCUT2D eigenvalue weighted by molar-refractivity contribution is 0.0511. The fourth-order valence-corrected chi connectivity index (χ4v) is 1.63. The van der Waals surface area contributed by atoms with E-state index in [2.05, 4.69) is 0 Å². The molecule has 98 valence electrons. The van der Waals surface area contributed by atoms with Crippen LogP contribution in [-0.2, 0) is 4.74 Å². The third-order valence-corrected chi connectivity index (χ3v) is 2.56. The van der Waals surface area contributed by atoms with Crippen molar-refractivity contribution in [1.82, 2.24) is 0 Å². The van der Waals surface area contributed by atoms with E-state index >= 15 is 0 Å². The van der Waals surface area contributed by atoms with Crippen molar-refractivity contribution in [2.24, 2.45) is 0 Å². The molecule has 0 N–H and O–H groups in total. The molecule has 0 aliphatic rings. The van der Waals surface area contributed by atoms with Crippen molar-refractivity contribution in [2.75, 3.05) is 13.9 Å². The zero-order chi connectivity index (χ0) is 13.5. The topological polar surface area (TPSA) is 18.5 Å². The minimum Gasteiger partial charge on any atom is -0.468 e. The maximum atomic E-state index is 13.4. The van der Waals surface area contributed by atoms with Crippen LogP contribution in [0, 0.1) is 5.82 Å². The summed E-state index contributed by atoms with van der Waals surface area (Å²) in [5.41, 5.74) is 1.50. The average molecular weight is 258 g/mol. The van der Waals surface area contributed by atoms with E-state index in [1.807, 2.05) is 30.3 Å². The number of benzene rings is 2. The zero-order valence-electron chi connectivity index (χ0n) is 10.7. The van der Waals surface area contributed by atoms with Crippen LogP contribution in [0.1, 0.15) is 11.1 Å². The molecule has 0 radical (unpaired) electrons. The Hall–Kier alpha value is -2.13. The van der Waals surface area contributed by atoms with Gasteiger partial charge < -0.3 is 9.47 Å². The normalized spacial score (nSPS) is 10.8. The molecule has 0 heterocycles. The number of ether oxygens (including phenoxy) is 2. The molecular formula is C16H15FO2. The number of halogens is 1. The minimum absolute atomic E-state index is 0.209. The second-order valence-electron chi connectivity index (χ2n) is 3.98. The Morgan fingerprint density at radius 3 is 2.68 bits per heavy atom. The third-order valence-electron chi connectivity index (χ3n) is 2.56. The van der Waals surface area contributed by atoms with Crippen molar-refractivity contribution < 1.29 is 13.9 Å². The van der Waals surface area contributed by atoms with E-state index in [1.165, 1.54) is 6.07 Å². The largest absolute Gasteiger partial charge is 0.468 e. The van der Waals surface area contributed by atoms with Crippen LogP contribution in [-0.4, -0.2) is 13.9 Å². The Morgan fingerprint density at radius 1 is 1.05 bits per heavy atom. The van der Waals surface area contributed by atoms with Crippen LogP contribution in [0.25, 0.3) is 12.2 Å². The van der Waals surface area contributed by atoms with Gasteiger partial charge in [-0.3, -0.25) is 0 Å². The van der Waals surface area contributed by atoms with E-state index in [4.69, 9.17) is 9.47 Å². The van der Waals surface area contributed by atoms with Gasteiger partial charge in [0.2, 0.25) is 0 Å². The number of hydrogen-bond acceptors (Lipinski definition) is 2. The fourth-order valence-electron chi connectivity index (χ4n) is 1.63. The van der Waals surface area contributed by atoms with E-state index in [9.17, 15) is 4.39 Å². The van der Waals surface area contributed by atoms with Crippen LogP contribution in [0.4, 0.5) is 4.39 Å². The van der Waals surface area contributed by atoms with Crippen LogP contribution in [0.3, 0.4) is 0 Å². The van der Waals surface area contributed by atoms with Gasteiger partial charge in [0.25, 0.3) is 0 Å². The maximum absolute atomic E-state index is 13.4. The molecule has 0 aromatic heterocycles. The highest BCUT2D eigenvalue weighted by atomic mass is 19.1. The standard InChI is InChI=1S/C16H15FO2/c1-18-12-19-15-7-4-5-13(11-15)9-10-14-6-2-3-8-16(14)17/h2-11H,12H2,1H3/b10-9+. The molecule has 0 bridgehead atoms. The highest BCUT2D eigenvalue weighted by Gasteiger charge is 1.97. The van der Waals surface area contributed by atoms with Gasteiger partial charge in [0.05, 0.1) is 0 Å². The molecule has 19 heavy (non-hydrogen) atoms. The van der Waals surface area contributed by atoms with Crippen LogP contribution in [0.5, 0.6) is 5.75 Å². The summed E-state index contributed by atoms with van der Waals surface area (Å²) in [5.74, 6) is 0.489. The average Bonchev–Trinajstić information content (AvgIpc) is 2.45. The predicted molar refractivity (Wildman–Crippen MR) is 74.3 cm³/mol. The SMILES string of the molecule is COCOc1cccc(/C=C/c2ccccc2F)c1.